The molecule has 0 heterocycles. The average molecular weight is 274 g/mol. The van der Waals surface area contributed by atoms with Crippen LogP contribution < -0.4 is 11.1 Å². The Bertz CT molecular complexity index is 469. The van der Waals surface area contributed by atoms with Crippen molar-refractivity contribution >= 4 is 11.8 Å². The van der Waals surface area contributed by atoms with Crippen LogP contribution in [0.1, 0.15) is 18.1 Å². The van der Waals surface area contributed by atoms with E-state index in [4.69, 9.17) is 5.73 Å². The highest BCUT2D eigenvalue weighted by Gasteiger charge is 2.30. The number of halogens is 3. The fourth-order valence-electron chi connectivity index (χ4n) is 1.53. The molecule has 104 valence electrons. The second-order valence-corrected chi connectivity index (χ2v) is 4.05. The average Bonchev–Trinajstić information content (AvgIpc) is 2.27. The molecule has 1 atom stereocenters. The second-order valence-electron chi connectivity index (χ2n) is 4.05. The molecule has 0 aliphatic carbocycles. The minimum Gasteiger partial charge on any atom is -0.368 e. The number of nitrogens with one attached hydrogen (secondary N) is 1. The summed E-state index contributed by atoms with van der Waals surface area (Å²) in [6, 6.07) is 3.40. The van der Waals surface area contributed by atoms with Gasteiger partial charge in [0.05, 0.1) is 5.56 Å². The van der Waals surface area contributed by atoms with E-state index >= 15 is 0 Å². The molecule has 0 bridgehead atoms. The van der Waals surface area contributed by atoms with Crippen molar-refractivity contribution < 1.29 is 22.8 Å². The molecule has 0 fully saturated rings. The number of rotatable bonds is 4. The van der Waals surface area contributed by atoms with E-state index in [1.165, 1.54) is 19.1 Å². The van der Waals surface area contributed by atoms with Gasteiger partial charge in [0.1, 0.15) is 6.04 Å². The molecule has 3 N–H and O–H groups in total. The largest absolute Gasteiger partial charge is 0.416 e. The number of carbonyl (C=O) groups is 2. The SMILES string of the molecule is CC(=O)N[C@@H](Cc1ccc(C(F)(F)F)cc1)C(N)=O. The Labute approximate surface area is 107 Å². The molecule has 19 heavy (non-hydrogen) atoms. The quantitative estimate of drug-likeness (QED) is 0.867. The Morgan fingerprint density at radius 1 is 1.26 bits per heavy atom. The van der Waals surface area contributed by atoms with E-state index in [2.05, 4.69) is 5.32 Å². The predicted molar refractivity (Wildman–Crippen MR) is 61.9 cm³/mol. The lowest BCUT2D eigenvalue weighted by molar-refractivity contribution is -0.137. The third-order valence-electron chi connectivity index (χ3n) is 2.44. The molecule has 4 nitrogen and oxygen atoms in total. The zero-order valence-corrected chi connectivity index (χ0v) is 10.1. The van der Waals surface area contributed by atoms with Crippen LogP contribution in [0.25, 0.3) is 0 Å². The number of hydrogen-bond acceptors (Lipinski definition) is 2. The van der Waals surface area contributed by atoms with Crippen molar-refractivity contribution in [3.05, 3.63) is 35.4 Å². The van der Waals surface area contributed by atoms with Gasteiger partial charge in [-0.2, -0.15) is 13.2 Å². The zero-order valence-electron chi connectivity index (χ0n) is 10.1. The molecule has 7 heteroatoms. The number of amides is 2. The first-order valence-corrected chi connectivity index (χ1v) is 5.42. The van der Waals surface area contributed by atoms with Crippen LogP contribution in [-0.2, 0) is 22.2 Å². The van der Waals surface area contributed by atoms with Crippen molar-refractivity contribution in [1.82, 2.24) is 5.32 Å². The van der Waals surface area contributed by atoms with Gasteiger partial charge in [0.25, 0.3) is 0 Å². The lowest BCUT2D eigenvalue weighted by Crippen LogP contribution is -2.44. The molecule has 0 spiro atoms. The first-order valence-electron chi connectivity index (χ1n) is 5.42. The molecular formula is C12H13F3N2O2. The van der Waals surface area contributed by atoms with E-state index < -0.39 is 29.6 Å². The summed E-state index contributed by atoms with van der Waals surface area (Å²) in [5, 5.41) is 2.34. The van der Waals surface area contributed by atoms with Gasteiger partial charge in [0, 0.05) is 13.3 Å². The first kappa shape index (κ1) is 15.0. The van der Waals surface area contributed by atoms with Gasteiger partial charge in [-0.15, -0.1) is 0 Å². The van der Waals surface area contributed by atoms with Crippen molar-refractivity contribution in [2.45, 2.75) is 25.6 Å². The van der Waals surface area contributed by atoms with Crippen LogP contribution in [0.15, 0.2) is 24.3 Å². The van der Waals surface area contributed by atoms with Gasteiger partial charge in [0.15, 0.2) is 0 Å². The van der Waals surface area contributed by atoms with Crippen molar-refractivity contribution in [1.29, 1.82) is 0 Å². The maximum absolute atomic E-state index is 12.4. The van der Waals surface area contributed by atoms with E-state index in [1.54, 1.807) is 0 Å². The van der Waals surface area contributed by atoms with Crippen LogP contribution in [0.2, 0.25) is 0 Å². The number of carbonyl (C=O) groups excluding carboxylic acids is 2. The maximum atomic E-state index is 12.4. The molecule has 1 rings (SSSR count). The van der Waals surface area contributed by atoms with Crippen molar-refractivity contribution in [2.75, 3.05) is 0 Å². The van der Waals surface area contributed by atoms with Crippen LogP contribution in [0, 0.1) is 0 Å². The fourth-order valence-corrected chi connectivity index (χ4v) is 1.53. The third-order valence-corrected chi connectivity index (χ3v) is 2.44. The summed E-state index contributed by atoms with van der Waals surface area (Å²) in [5.74, 6) is -1.18. The van der Waals surface area contributed by atoms with Crippen LogP contribution >= 0.6 is 0 Å². The van der Waals surface area contributed by atoms with Gasteiger partial charge in [-0.25, -0.2) is 0 Å². The molecule has 2 amide bonds. The van der Waals surface area contributed by atoms with E-state index in [0.717, 1.165) is 12.1 Å². The summed E-state index contributed by atoms with van der Waals surface area (Å²) in [4.78, 5) is 22.0. The van der Waals surface area contributed by atoms with Gasteiger partial charge in [-0.3, -0.25) is 9.59 Å². The lowest BCUT2D eigenvalue weighted by atomic mass is 10.0. The standard InChI is InChI=1S/C12H13F3N2O2/c1-7(18)17-10(11(16)19)6-8-2-4-9(5-3-8)12(13,14)15/h2-5,10H,6H2,1H3,(H2,16,19)(H,17,18)/t10-/m0/s1. The molecule has 1 aromatic carbocycles. The predicted octanol–water partition coefficient (Wildman–Crippen LogP) is 1.24. The van der Waals surface area contributed by atoms with E-state index in [1.807, 2.05) is 0 Å². The fraction of sp³-hybridized carbons (Fsp3) is 0.333. The topological polar surface area (TPSA) is 72.2 Å². The zero-order chi connectivity index (χ0) is 14.6. The van der Waals surface area contributed by atoms with Crippen molar-refractivity contribution in [2.24, 2.45) is 5.73 Å². The van der Waals surface area contributed by atoms with Crippen LogP contribution in [0.3, 0.4) is 0 Å². The van der Waals surface area contributed by atoms with Crippen molar-refractivity contribution in [3.8, 4) is 0 Å². The van der Waals surface area contributed by atoms with Gasteiger partial charge >= 0.3 is 6.18 Å². The summed E-state index contributed by atoms with van der Waals surface area (Å²) in [7, 11) is 0. The third kappa shape index (κ3) is 4.61. The minimum atomic E-state index is -4.40. The number of alkyl halides is 3. The smallest absolute Gasteiger partial charge is 0.368 e. The molecule has 0 saturated heterocycles. The molecular weight excluding hydrogens is 261 g/mol. The highest BCUT2D eigenvalue weighted by Crippen LogP contribution is 2.29. The lowest BCUT2D eigenvalue weighted by Gasteiger charge is -2.14. The maximum Gasteiger partial charge on any atom is 0.416 e. The molecule has 0 saturated carbocycles. The minimum absolute atomic E-state index is 0.0487. The Morgan fingerprint density at radius 3 is 2.16 bits per heavy atom. The number of nitrogens with two attached hydrogens (primary N) is 1. The molecule has 0 aliphatic rings. The first-order chi connectivity index (χ1) is 8.70. The molecule has 0 aliphatic heterocycles. The number of benzene rings is 1. The second kappa shape index (κ2) is 5.73. The Balaban J connectivity index is 2.81. The van der Waals surface area contributed by atoms with Crippen LogP contribution in [-0.4, -0.2) is 17.9 Å². The monoisotopic (exact) mass is 274 g/mol. The van der Waals surface area contributed by atoms with E-state index in [9.17, 15) is 22.8 Å². The van der Waals surface area contributed by atoms with Gasteiger partial charge < -0.3 is 11.1 Å². The Morgan fingerprint density at radius 2 is 1.79 bits per heavy atom. The molecule has 0 unspecified atom stereocenters. The summed E-state index contributed by atoms with van der Waals surface area (Å²) in [5.41, 5.74) is 4.80. The molecule has 0 aromatic heterocycles. The van der Waals surface area contributed by atoms with Crippen LogP contribution in [0.4, 0.5) is 13.2 Å². The summed E-state index contributed by atoms with van der Waals surface area (Å²) >= 11 is 0. The summed E-state index contributed by atoms with van der Waals surface area (Å²) < 4.78 is 37.1. The van der Waals surface area contributed by atoms with Gasteiger partial charge in [0.2, 0.25) is 11.8 Å². The van der Waals surface area contributed by atoms with Gasteiger partial charge in [-0.1, -0.05) is 12.1 Å². The highest BCUT2D eigenvalue weighted by molar-refractivity contribution is 5.85. The van der Waals surface area contributed by atoms with Crippen LogP contribution in [0.5, 0.6) is 0 Å². The molecule has 1 aromatic rings. The number of primary amides is 1. The Hall–Kier alpha value is -2.05. The Kier molecular flexibility index (Phi) is 4.52. The highest BCUT2D eigenvalue weighted by atomic mass is 19.4. The summed E-state index contributed by atoms with van der Waals surface area (Å²) in [6.07, 6.45) is -4.35. The molecule has 0 radical (unpaired) electrons. The van der Waals surface area contributed by atoms with E-state index in [-0.39, 0.29) is 6.42 Å². The normalized spacial score (nSPS) is 12.8. The van der Waals surface area contributed by atoms with Crippen molar-refractivity contribution in [3.63, 3.8) is 0 Å². The summed E-state index contributed by atoms with van der Waals surface area (Å²) in [6.45, 7) is 1.22. The van der Waals surface area contributed by atoms with Gasteiger partial charge in [-0.05, 0) is 17.7 Å². The van der Waals surface area contributed by atoms with E-state index in [0.29, 0.717) is 5.56 Å². The number of hydrogen-bond donors (Lipinski definition) is 2.